The fraction of sp³-hybridized carbons (Fsp3) is 0.578. The molecule has 4 aliphatic rings. The lowest BCUT2D eigenvalue weighted by molar-refractivity contribution is -0.144. The van der Waals surface area contributed by atoms with Crippen molar-refractivity contribution >= 4 is 41.4 Å². The van der Waals surface area contributed by atoms with Crippen LogP contribution in [0.4, 0.5) is 4.79 Å². The number of urea groups is 1. The van der Waals surface area contributed by atoms with E-state index in [1.807, 2.05) is 58.0 Å². The first-order chi connectivity index (χ1) is 28.7. The maximum absolute atomic E-state index is 14.6. The quantitative estimate of drug-likeness (QED) is 0.268. The number of amides is 7. The predicted octanol–water partition coefficient (Wildman–Crippen LogP) is 2.83. The maximum atomic E-state index is 14.6. The molecule has 0 spiro atoms. The third-order valence-electron chi connectivity index (χ3n) is 12.5. The van der Waals surface area contributed by atoms with Crippen LogP contribution in [0.5, 0.6) is 5.75 Å². The molecule has 60 heavy (non-hydrogen) atoms. The van der Waals surface area contributed by atoms with Gasteiger partial charge in [-0.3, -0.25) is 28.8 Å². The largest absolute Gasteiger partial charge is 0.508 e. The van der Waals surface area contributed by atoms with Gasteiger partial charge in [0.05, 0.1) is 12.1 Å². The van der Waals surface area contributed by atoms with Gasteiger partial charge in [0.15, 0.2) is 5.78 Å². The standard InChI is InChI=1S/C45H61N7O8/c1-5-28(4)38-42(57)46-32(25-29-12-7-6-8-13-29)39(54)35-14-9-23-52(35)45(60)48-33(24-27(2)3)43(58)50-21-10-15-36(50)40(55)47-34(26-30-17-19-31(53)20-18-30)44(59)51-22-11-16-37(51)41(56)49-38/h6-8,12-13,17-20,27-28,32-38,53H,5,9-11,14-16,21-26H2,1-4H3,(H,46,57)(H,47,55)(H,48,60)(H,49,56). The van der Waals surface area contributed by atoms with Gasteiger partial charge in [-0.25, -0.2) is 4.79 Å². The minimum Gasteiger partial charge on any atom is -0.508 e. The van der Waals surface area contributed by atoms with E-state index in [2.05, 4.69) is 21.3 Å². The Balaban J connectivity index is 1.39. The Bertz CT molecular complexity index is 1890. The van der Waals surface area contributed by atoms with Crippen LogP contribution in [-0.2, 0) is 41.6 Å². The van der Waals surface area contributed by atoms with E-state index in [-0.39, 0.29) is 62.3 Å². The molecule has 4 heterocycles. The van der Waals surface area contributed by atoms with Crippen LogP contribution < -0.4 is 21.3 Å². The van der Waals surface area contributed by atoms with Crippen molar-refractivity contribution in [3.63, 3.8) is 0 Å². The van der Waals surface area contributed by atoms with Crippen molar-refractivity contribution in [3.8, 4) is 5.75 Å². The monoisotopic (exact) mass is 827 g/mol. The zero-order chi connectivity index (χ0) is 43.1. The molecule has 4 saturated heterocycles. The Kier molecular flexibility index (Phi) is 14.5. The van der Waals surface area contributed by atoms with Crippen molar-refractivity contribution in [2.24, 2.45) is 11.8 Å². The predicted molar refractivity (Wildman–Crippen MR) is 223 cm³/mol. The third-order valence-corrected chi connectivity index (χ3v) is 12.5. The molecule has 15 heteroatoms. The number of carbonyl (C=O) groups excluding carboxylic acids is 7. The normalized spacial score (nSPS) is 28.0. The Hall–Kier alpha value is -5.47. The molecule has 0 saturated carbocycles. The Morgan fingerprint density at radius 2 is 1.12 bits per heavy atom. The number of ketones is 1. The number of phenols is 1. The van der Waals surface area contributed by atoms with Crippen molar-refractivity contribution < 1.29 is 38.7 Å². The van der Waals surface area contributed by atoms with E-state index in [9.17, 15) is 38.7 Å². The molecule has 0 aliphatic carbocycles. The SMILES string of the molecule is CCC(C)C1NC(=O)C2CCCN2C(=O)C(Cc2ccc(O)cc2)NC(=O)C2CCCN2C(=O)C(CC(C)C)NC(=O)N2CCCC2C(=O)C(Cc2ccccc2)NC1=O. The van der Waals surface area contributed by atoms with Crippen LogP contribution in [-0.4, -0.2) is 123 Å². The average molecular weight is 828 g/mol. The minimum absolute atomic E-state index is 0.0134. The highest BCUT2D eigenvalue weighted by molar-refractivity contribution is 6.00. The van der Waals surface area contributed by atoms with Crippen molar-refractivity contribution in [2.75, 3.05) is 19.6 Å². The van der Waals surface area contributed by atoms with Crippen molar-refractivity contribution in [1.29, 1.82) is 0 Å². The number of hydrogen-bond acceptors (Lipinski definition) is 8. The number of hydrogen-bond donors (Lipinski definition) is 5. The van der Waals surface area contributed by atoms with E-state index in [0.29, 0.717) is 50.5 Å². The first-order valence-corrected chi connectivity index (χ1v) is 21.7. The molecule has 0 radical (unpaired) electrons. The highest BCUT2D eigenvalue weighted by Crippen LogP contribution is 2.26. The number of fused-ring (bicyclic) bond motifs is 3. The van der Waals surface area contributed by atoms with E-state index in [1.54, 1.807) is 12.1 Å². The van der Waals surface area contributed by atoms with Crippen LogP contribution >= 0.6 is 0 Å². The third kappa shape index (κ3) is 10.3. The van der Waals surface area contributed by atoms with Gasteiger partial charge < -0.3 is 41.1 Å². The number of benzene rings is 2. The molecule has 0 aromatic heterocycles. The van der Waals surface area contributed by atoms with E-state index in [0.717, 1.165) is 5.56 Å². The van der Waals surface area contributed by atoms with Crippen LogP contribution in [0.2, 0.25) is 0 Å². The molecule has 8 unspecified atom stereocenters. The summed E-state index contributed by atoms with van der Waals surface area (Å²) < 4.78 is 0. The van der Waals surface area contributed by atoms with Crippen LogP contribution in [0.25, 0.3) is 0 Å². The lowest BCUT2D eigenvalue weighted by Crippen LogP contribution is -2.60. The second-order valence-electron chi connectivity index (χ2n) is 17.3. The Morgan fingerprint density at radius 3 is 1.72 bits per heavy atom. The summed E-state index contributed by atoms with van der Waals surface area (Å²) in [4.78, 5) is 105. The molecule has 2 aromatic rings. The van der Waals surface area contributed by atoms with Crippen molar-refractivity contribution in [1.82, 2.24) is 36.0 Å². The molecular formula is C45H61N7O8. The molecular weight excluding hydrogens is 767 g/mol. The van der Waals surface area contributed by atoms with Crippen LogP contribution in [0.15, 0.2) is 54.6 Å². The van der Waals surface area contributed by atoms with Crippen LogP contribution in [0, 0.1) is 11.8 Å². The van der Waals surface area contributed by atoms with Crippen molar-refractivity contribution in [3.05, 3.63) is 65.7 Å². The molecule has 4 fully saturated rings. The highest BCUT2D eigenvalue weighted by atomic mass is 16.3. The molecule has 8 atom stereocenters. The zero-order valence-electron chi connectivity index (χ0n) is 35.2. The Morgan fingerprint density at radius 1 is 0.600 bits per heavy atom. The second kappa shape index (κ2) is 19.7. The van der Waals surface area contributed by atoms with Gasteiger partial charge in [-0.1, -0.05) is 76.6 Å². The smallest absolute Gasteiger partial charge is 0.318 e. The summed E-state index contributed by atoms with van der Waals surface area (Å²) >= 11 is 0. The number of nitrogens with one attached hydrogen (secondary N) is 4. The fourth-order valence-electron chi connectivity index (χ4n) is 9.09. The van der Waals surface area contributed by atoms with Gasteiger partial charge in [0, 0.05) is 26.1 Å². The molecule has 324 valence electrons. The van der Waals surface area contributed by atoms with Gasteiger partial charge in [0.1, 0.15) is 36.0 Å². The summed E-state index contributed by atoms with van der Waals surface area (Å²) in [6.07, 6.45) is 3.65. The van der Waals surface area contributed by atoms with E-state index in [4.69, 9.17) is 0 Å². The van der Waals surface area contributed by atoms with Gasteiger partial charge in [-0.15, -0.1) is 0 Å². The van der Waals surface area contributed by atoms with Gasteiger partial charge in [0.25, 0.3) is 0 Å². The molecule has 4 aliphatic heterocycles. The Labute approximate surface area is 352 Å². The molecule has 2 aromatic carbocycles. The lowest BCUT2D eigenvalue weighted by Gasteiger charge is -2.33. The van der Waals surface area contributed by atoms with E-state index >= 15 is 0 Å². The average Bonchev–Trinajstić information content (AvgIpc) is 4.04. The first-order valence-electron chi connectivity index (χ1n) is 21.7. The maximum Gasteiger partial charge on any atom is 0.318 e. The number of nitrogens with zero attached hydrogens (tertiary/aromatic N) is 3. The second-order valence-corrected chi connectivity index (χ2v) is 17.3. The highest BCUT2D eigenvalue weighted by Gasteiger charge is 2.45. The molecule has 6 rings (SSSR count). The van der Waals surface area contributed by atoms with Crippen LogP contribution in [0.1, 0.15) is 90.2 Å². The molecule has 0 bridgehead atoms. The van der Waals surface area contributed by atoms with E-state index in [1.165, 1.54) is 26.8 Å². The van der Waals surface area contributed by atoms with Gasteiger partial charge in [-0.05, 0) is 86.5 Å². The van der Waals surface area contributed by atoms with Crippen LogP contribution in [0.3, 0.4) is 0 Å². The summed E-state index contributed by atoms with van der Waals surface area (Å²) in [6.45, 7) is 8.39. The molecule has 7 amide bonds. The summed E-state index contributed by atoms with van der Waals surface area (Å²) in [6, 6.07) is 8.04. The number of rotatable bonds is 8. The minimum atomic E-state index is -1.13. The number of phenolic OH excluding ortho intramolecular Hbond substituents is 1. The summed E-state index contributed by atoms with van der Waals surface area (Å²) in [5.74, 6) is -3.19. The fourth-order valence-corrected chi connectivity index (χ4v) is 9.09. The summed E-state index contributed by atoms with van der Waals surface area (Å²) in [7, 11) is 0. The molecule has 15 nitrogen and oxygen atoms in total. The summed E-state index contributed by atoms with van der Waals surface area (Å²) in [5.41, 5.74) is 1.46. The number of aromatic hydroxyl groups is 1. The number of carbonyl (C=O) groups is 7. The van der Waals surface area contributed by atoms with Crippen molar-refractivity contribution in [2.45, 2.75) is 134 Å². The topological polar surface area (TPSA) is 198 Å². The zero-order valence-corrected chi connectivity index (χ0v) is 35.2. The lowest BCUT2D eigenvalue weighted by atomic mass is 9.94. The van der Waals surface area contributed by atoms with Gasteiger partial charge in [-0.2, -0.15) is 0 Å². The summed E-state index contributed by atoms with van der Waals surface area (Å²) in [5, 5.41) is 21.7. The number of Topliss-reactive ketones (excluding diaryl/α,β-unsaturated/α-hetero) is 1. The molecule has 5 N–H and O–H groups in total. The van der Waals surface area contributed by atoms with E-state index < -0.39 is 77.9 Å². The first kappa shape index (κ1) is 44.1. The van der Waals surface area contributed by atoms with Gasteiger partial charge in [0.2, 0.25) is 29.5 Å². The van der Waals surface area contributed by atoms with Gasteiger partial charge >= 0.3 is 6.03 Å².